The van der Waals surface area contributed by atoms with Crippen molar-refractivity contribution in [3.05, 3.63) is 83.2 Å². The Morgan fingerprint density at radius 3 is 2.55 bits per heavy atom. The van der Waals surface area contributed by atoms with Gasteiger partial charge in [-0.2, -0.15) is 0 Å². The van der Waals surface area contributed by atoms with E-state index in [-0.39, 0.29) is 13.0 Å². The van der Waals surface area contributed by atoms with E-state index in [4.69, 9.17) is 9.47 Å². The fourth-order valence-electron chi connectivity index (χ4n) is 4.55. The number of H-pyrrole nitrogens is 1. The first-order chi connectivity index (χ1) is 18.5. The predicted octanol–water partition coefficient (Wildman–Crippen LogP) is 5.65. The van der Waals surface area contributed by atoms with Crippen LogP contribution in [0.25, 0.3) is 21.8 Å². The standard InChI is InChI=1S/C29H27N3O5S/c1-3-22(37-28(34)19-11-9-18(10-12-19)25-30-15-16-31-25)26(33)32-27-23(29(35)36-4-2)21-14-13-17-7-5-6-8-20(17)24(21)38-27/h5-12,15-16,22H,3-4,13-14H2,1-2H3,(H,30,31)(H,32,33). The van der Waals surface area contributed by atoms with Gasteiger partial charge in [0.25, 0.3) is 5.91 Å². The highest BCUT2D eigenvalue weighted by atomic mass is 32.1. The minimum Gasteiger partial charge on any atom is -0.462 e. The maximum atomic E-state index is 13.3. The molecule has 2 N–H and O–H groups in total. The Morgan fingerprint density at radius 1 is 1.05 bits per heavy atom. The molecule has 0 bridgehead atoms. The van der Waals surface area contributed by atoms with E-state index in [1.165, 1.54) is 16.9 Å². The van der Waals surface area contributed by atoms with E-state index in [0.717, 1.165) is 28.0 Å². The molecule has 5 rings (SSSR count). The minimum absolute atomic E-state index is 0.224. The first-order valence-electron chi connectivity index (χ1n) is 12.5. The fourth-order valence-corrected chi connectivity index (χ4v) is 5.85. The topological polar surface area (TPSA) is 110 Å². The van der Waals surface area contributed by atoms with E-state index in [0.29, 0.717) is 28.4 Å². The first-order valence-corrected chi connectivity index (χ1v) is 13.3. The Bertz CT molecular complexity index is 1470. The van der Waals surface area contributed by atoms with Gasteiger partial charge in [0, 0.05) is 22.8 Å². The summed E-state index contributed by atoms with van der Waals surface area (Å²) in [6.07, 6.45) is 4.08. The van der Waals surface area contributed by atoms with Crippen molar-refractivity contribution >= 4 is 34.2 Å². The molecule has 0 saturated heterocycles. The van der Waals surface area contributed by atoms with Crippen LogP contribution in [-0.4, -0.2) is 40.5 Å². The normalized spacial score (nSPS) is 12.7. The summed E-state index contributed by atoms with van der Waals surface area (Å²) in [5, 5.41) is 3.27. The van der Waals surface area contributed by atoms with Gasteiger partial charge in [-0.15, -0.1) is 11.3 Å². The molecular formula is C29H27N3O5S. The molecule has 0 saturated carbocycles. The van der Waals surface area contributed by atoms with E-state index in [1.807, 2.05) is 18.2 Å². The van der Waals surface area contributed by atoms with Gasteiger partial charge in [0.2, 0.25) is 0 Å². The minimum atomic E-state index is -1.03. The third-order valence-electron chi connectivity index (χ3n) is 6.43. The zero-order valence-electron chi connectivity index (χ0n) is 21.1. The van der Waals surface area contributed by atoms with Crippen molar-refractivity contribution in [3.63, 3.8) is 0 Å². The maximum Gasteiger partial charge on any atom is 0.341 e. The summed E-state index contributed by atoms with van der Waals surface area (Å²) < 4.78 is 10.9. The number of carbonyl (C=O) groups is 3. The molecule has 4 aromatic rings. The lowest BCUT2D eigenvalue weighted by atomic mass is 9.89. The number of ether oxygens (including phenoxy) is 2. The third kappa shape index (κ3) is 4.97. The lowest BCUT2D eigenvalue weighted by Crippen LogP contribution is -2.32. The molecular weight excluding hydrogens is 502 g/mol. The first kappa shape index (κ1) is 25.4. The number of amides is 1. The number of hydrogen-bond acceptors (Lipinski definition) is 7. The Hall–Kier alpha value is -4.24. The van der Waals surface area contributed by atoms with Crippen LogP contribution in [0, 0.1) is 0 Å². The molecule has 194 valence electrons. The summed E-state index contributed by atoms with van der Waals surface area (Å²) in [5.41, 5.74) is 4.66. The Balaban J connectivity index is 1.36. The third-order valence-corrected chi connectivity index (χ3v) is 7.62. The predicted molar refractivity (Wildman–Crippen MR) is 145 cm³/mol. The van der Waals surface area contributed by atoms with Crippen LogP contribution >= 0.6 is 11.3 Å². The van der Waals surface area contributed by atoms with Crippen LogP contribution in [0.15, 0.2) is 60.9 Å². The van der Waals surface area contributed by atoms with Crippen molar-refractivity contribution in [1.82, 2.24) is 9.97 Å². The molecule has 2 heterocycles. The second-order valence-corrected chi connectivity index (χ2v) is 9.82. The summed E-state index contributed by atoms with van der Waals surface area (Å²) >= 11 is 1.35. The number of hydrogen-bond donors (Lipinski definition) is 2. The largest absolute Gasteiger partial charge is 0.462 e. The van der Waals surface area contributed by atoms with Crippen LogP contribution in [0.4, 0.5) is 5.00 Å². The number of benzene rings is 2. The summed E-state index contributed by atoms with van der Waals surface area (Å²) in [7, 11) is 0. The molecule has 2 aromatic carbocycles. The van der Waals surface area contributed by atoms with Crippen LogP contribution in [0.5, 0.6) is 0 Å². The number of aryl methyl sites for hydroxylation is 1. The van der Waals surface area contributed by atoms with Crippen molar-refractivity contribution in [1.29, 1.82) is 0 Å². The zero-order chi connectivity index (χ0) is 26.6. The number of thiophene rings is 1. The van der Waals surface area contributed by atoms with Crippen LogP contribution in [0.3, 0.4) is 0 Å². The zero-order valence-corrected chi connectivity index (χ0v) is 21.9. The maximum absolute atomic E-state index is 13.3. The monoisotopic (exact) mass is 529 g/mol. The lowest BCUT2D eigenvalue weighted by molar-refractivity contribution is -0.124. The van der Waals surface area contributed by atoms with E-state index < -0.39 is 23.9 Å². The van der Waals surface area contributed by atoms with Crippen molar-refractivity contribution in [3.8, 4) is 21.8 Å². The van der Waals surface area contributed by atoms with Gasteiger partial charge in [-0.3, -0.25) is 4.79 Å². The number of imidazole rings is 1. The molecule has 0 radical (unpaired) electrons. The number of nitrogens with one attached hydrogen (secondary N) is 2. The van der Waals surface area contributed by atoms with Crippen molar-refractivity contribution in [2.45, 2.75) is 39.2 Å². The van der Waals surface area contributed by atoms with Gasteiger partial charge in [-0.1, -0.05) is 43.3 Å². The average Bonchev–Trinajstić information content (AvgIpc) is 3.60. The smallest absolute Gasteiger partial charge is 0.341 e. The fraction of sp³-hybridized carbons (Fsp3) is 0.241. The van der Waals surface area contributed by atoms with Gasteiger partial charge in [0.15, 0.2) is 6.10 Å². The Kier molecular flexibility index (Phi) is 7.37. The van der Waals surface area contributed by atoms with Crippen molar-refractivity contribution < 1.29 is 23.9 Å². The Morgan fingerprint density at radius 2 is 1.84 bits per heavy atom. The van der Waals surface area contributed by atoms with Gasteiger partial charge in [-0.25, -0.2) is 14.6 Å². The lowest BCUT2D eigenvalue weighted by Gasteiger charge is -2.17. The molecule has 9 heteroatoms. The summed E-state index contributed by atoms with van der Waals surface area (Å²) in [6, 6.07) is 14.8. The molecule has 2 aromatic heterocycles. The van der Waals surface area contributed by atoms with Gasteiger partial charge < -0.3 is 19.8 Å². The molecule has 1 amide bonds. The molecule has 1 aliphatic carbocycles. The summed E-state index contributed by atoms with van der Waals surface area (Å²) in [4.78, 5) is 47.2. The highest BCUT2D eigenvalue weighted by Crippen LogP contribution is 2.45. The van der Waals surface area contributed by atoms with Crippen LogP contribution in [0.1, 0.15) is 52.1 Å². The number of nitrogens with zero attached hydrogens (tertiary/aromatic N) is 1. The SMILES string of the molecule is CCOC(=O)c1c(NC(=O)C(CC)OC(=O)c2ccc(-c3ncc[nH]3)cc2)sc2c1CCc1ccccc1-2. The van der Waals surface area contributed by atoms with Gasteiger partial charge in [0.05, 0.1) is 17.7 Å². The number of fused-ring (bicyclic) bond motifs is 3. The number of aromatic amines is 1. The number of aromatic nitrogens is 2. The number of esters is 2. The molecule has 0 aliphatic heterocycles. The highest BCUT2D eigenvalue weighted by Gasteiger charge is 2.31. The van der Waals surface area contributed by atoms with Gasteiger partial charge in [0.1, 0.15) is 10.8 Å². The van der Waals surface area contributed by atoms with Crippen molar-refractivity contribution in [2.75, 3.05) is 11.9 Å². The second kappa shape index (κ2) is 11.0. The molecule has 0 fully saturated rings. The average molecular weight is 530 g/mol. The van der Waals surface area contributed by atoms with Crippen LogP contribution in [-0.2, 0) is 27.1 Å². The van der Waals surface area contributed by atoms with Crippen molar-refractivity contribution in [2.24, 2.45) is 0 Å². The number of rotatable bonds is 8. The van der Waals surface area contributed by atoms with E-state index in [1.54, 1.807) is 50.5 Å². The second-order valence-electron chi connectivity index (χ2n) is 8.80. The molecule has 1 unspecified atom stereocenters. The van der Waals surface area contributed by atoms with Gasteiger partial charge >= 0.3 is 11.9 Å². The van der Waals surface area contributed by atoms with E-state index in [2.05, 4.69) is 21.4 Å². The molecule has 1 aliphatic rings. The molecule has 8 nitrogen and oxygen atoms in total. The molecule has 38 heavy (non-hydrogen) atoms. The van der Waals surface area contributed by atoms with E-state index >= 15 is 0 Å². The summed E-state index contributed by atoms with van der Waals surface area (Å²) in [5.74, 6) is -0.885. The Labute approximate surface area is 224 Å². The summed E-state index contributed by atoms with van der Waals surface area (Å²) in [6.45, 7) is 3.73. The molecule has 1 atom stereocenters. The highest BCUT2D eigenvalue weighted by molar-refractivity contribution is 7.20. The van der Waals surface area contributed by atoms with Crippen LogP contribution in [0.2, 0.25) is 0 Å². The van der Waals surface area contributed by atoms with E-state index in [9.17, 15) is 14.4 Å². The van der Waals surface area contributed by atoms with Crippen LogP contribution < -0.4 is 5.32 Å². The number of anilines is 1. The quantitative estimate of drug-likeness (QED) is 0.285. The van der Waals surface area contributed by atoms with Gasteiger partial charge in [-0.05, 0) is 55.0 Å². The molecule has 0 spiro atoms. The number of carbonyl (C=O) groups excluding carboxylic acids is 3.